The van der Waals surface area contributed by atoms with Gasteiger partial charge in [-0.15, -0.1) is 0 Å². The van der Waals surface area contributed by atoms with Gasteiger partial charge in [0.25, 0.3) is 0 Å². The van der Waals surface area contributed by atoms with Crippen LogP contribution in [0.3, 0.4) is 0 Å². The van der Waals surface area contributed by atoms with Gasteiger partial charge in [0.15, 0.2) is 0 Å². The van der Waals surface area contributed by atoms with Gasteiger partial charge in [0.2, 0.25) is 5.88 Å². The molecule has 0 amide bonds. The van der Waals surface area contributed by atoms with Gasteiger partial charge in [-0.05, 0) is 19.3 Å². The Labute approximate surface area is 112 Å². The summed E-state index contributed by atoms with van der Waals surface area (Å²) in [6.07, 6.45) is 3.64. The summed E-state index contributed by atoms with van der Waals surface area (Å²) in [6, 6.07) is 1.74. The second-order valence-electron chi connectivity index (χ2n) is 4.88. The number of carboxylic acids is 1. The number of rotatable bonds is 4. The first-order valence-corrected chi connectivity index (χ1v) is 6.45. The molecule has 2 rings (SSSR count). The third-order valence-electron chi connectivity index (χ3n) is 3.87. The molecule has 1 aromatic rings. The number of methoxy groups -OCH3 is 1. The van der Waals surface area contributed by atoms with Crippen LogP contribution >= 0.6 is 0 Å². The normalized spacial score (nSPS) is 23.2. The predicted molar refractivity (Wildman–Crippen MR) is 70.4 cm³/mol. The molecular weight excluding hydrogens is 246 g/mol. The number of carbonyl (C=O) groups is 1. The number of hydrogen-bond acceptors (Lipinski definition) is 5. The van der Waals surface area contributed by atoms with E-state index in [1.807, 2.05) is 11.8 Å². The van der Waals surface area contributed by atoms with Crippen molar-refractivity contribution in [2.24, 2.45) is 5.41 Å². The van der Waals surface area contributed by atoms with Crippen LogP contribution in [0.5, 0.6) is 5.88 Å². The topological polar surface area (TPSA) is 75.5 Å². The van der Waals surface area contributed by atoms with Gasteiger partial charge in [0.05, 0.1) is 12.5 Å². The minimum Gasteiger partial charge on any atom is -0.481 e. The first kappa shape index (κ1) is 13.6. The van der Waals surface area contributed by atoms with Crippen LogP contribution in [0, 0.1) is 5.41 Å². The third kappa shape index (κ3) is 2.62. The molecule has 0 bridgehead atoms. The molecule has 6 nitrogen and oxygen atoms in total. The smallest absolute Gasteiger partial charge is 0.311 e. The highest BCUT2D eigenvalue weighted by molar-refractivity contribution is 5.76. The molecule has 1 unspecified atom stereocenters. The molecule has 1 aliphatic rings. The van der Waals surface area contributed by atoms with Gasteiger partial charge in [-0.2, -0.15) is 0 Å². The van der Waals surface area contributed by atoms with Crippen molar-refractivity contribution in [2.75, 3.05) is 25.1 Å². The molecule has 104 valence electrons. The maximum absolute atomic E-state index is 11.5. The van der Waals surface area contributed by atoms with Crippen LogP contribution in [-0.4, -0.2) is 41.2 Å². The SMILES string of the molecule is CCC1(C(=O)O)CCCN(c2cc(OC)ncn2)C1. The molecule has 1 aromatic heterocycles. The Morgan fingerprint density at radius 1 is 1.58 bits per heavy atom. The fourth-order valence-electron chi connectivity index (χ4n) is 2.56. The highest BCUT2D eigenvalue weighted by atomic mass is 16.5. The Balaban J connectivity index is 2.23. The number of piperidine rings is 1. The first-order chi connectivity index (χ1) is 9.11. The van der Waals surface area contributed by atoms with Crippen molar-refractivity contribution in [1.82, 2.24) is 9.97 Å². The van der Waals surface area contributed by atoms with E-state index in [1.165, 1.54) is 6.33 Å². The van der Waals surface area contributed by atoms with Crippen LogP contribution in [0.4, 0.5) is 5.82 Å². The van der Waals surface area contributed by atoms with Gasteiger partial charge in [-0.25, -0.2) is 9.97 Å². The van der Waals surface area contributed by atoms with Crippen molar-refractivity contribution >= 4 is 11.8 Å². The van der Waals surface area contributed by atoms with E-state index in [0.29, 0.717) is 18.8 Å². The summed E-state index contributed by atoms with van der Waals surface area (Å²) in [6.45, 7) is 3.23. The van der Waals surface area contributed by atoms with Gasteiger partial charge < -0.3 is 14.7 Å². The van der Waals surface area contributed by atoms with Gasteiger partial charge in [-0.1, -0.05) is 6.92 Å². The third-order valence-corrected chi connectivity index (χ3v) is 3.87. The van der Waals surface area contributed by atoms with Crippen molar-refractivity contribution in [3.8, 4) is 5.88 Å². The summed E-state index contributed by atoms with van der Waals surface area (Å²) in [4.78, 5) is 21.7. The minimum atomic E-state index is -0.722. The van der Waals surface area contributed by atoms with Crippen LogP contribution in [0.2, 0.25) is 0 Å². The molecule has 1 N–H and O–H groups in total. The standard InChI is InChI=1S/C13H19N3O3/c1-3-13(12(17)18)5-4-6-16(8-13)10-7-11(19-2)15-9-14-10/h7,9H,3-6,8H2,1-2H3,(H,17,18). The Hall–Kier alpha value is -1.85. The van der Waals surface area contributed by atoms with Crippen molar-refractivity contribution in [3.63, 3.8) is 0 Å². The van der Waals surface area contributed by atoms with Crippen LogP contribution < -0.4 is 9.64 Å². The quantitative estimate of drug-likeness (QED) is 0.890. The molecule has 0 radical (unpaired) electrons. The van der Waals surface area contributed by atoms with E-state index in [2.05, 4.69) is 9.97 Å². The largest absolute Gasteiger partial charge is 0.481 e. The van der Waals surface area contributed by atoms with Gasteiger partial charge in [0.1, 0.15) is 12.1 Å². The lowest BCUT2D eigenvalue weighted by Crippen LogP contribution is -2.47. The fraction of sp³-hybridized carbons (Fsp3) is 0.615. The van der Waals surface area contributed by atoms with E-state index < -0.39 is 11.4 Å². The number of aromatic nitrogens is 2. The molecule has 2 heterocycles. The van der Waals surface area contributed by atoms with E-state index in [4.69, 9.17) is 4.74 Å². The Kier molecular flexibility index (Phi) is 3.87. The van der Waals surface area contributed by atoms with E-state index >= 15 is 0 Å². The molecule has 19 heavy (non-hydrogen) atoms. The summed E-state index contributed by atoms with van der Waals surface area (Å²) in [7, 11) is 1.55. The van der Waals surface area contributed by atoms with E-state index in [9.17, 15) is 9.90 Å². The summed E-state index contributed by atoms with van der Waals surface area (Å²) in [5.41, 5.74) is -0.670. The number of aliphatic carboxylic acids is 1. The maximum atomic E-state index is 11.5. The Morgan fingerprint density at radius 2 is 2.37 bits per heavy atom. The number of anilines is 1. The van der Waals surface area contributed by atoms with Gasteiger partial charge in [-0.3, -0.25) is 4.79 Å². The second kappa shape index (κ2) is 5.42. The molecule has 1 saturated heterocycles. The average Bonchev–Trinajstić information content (AvgIpc) is 2.47. The summed E-state index contributed by atoms with van der Waals surface area (Å²) in [5.74, 6) is 0.499. The average molecular weight is 265 g/mol. The molecule has 1 aliphatic heterocycles. The lowest BCUT2D eigenvalue weighted by atomic mass is 9.77. The van der Waals surface area contributed by atoms with Gasteiger partial charge >= 0.3 is 5.97 Å². The number of nitrogens with zero attached hydrogens (tertiary/aromatic N) is 3. The molecule has 0 aliphatic carbocycles. The maximum Gasteiger partial charge on any atom is 0.311 e. The Bertz CT molecular complexity index is 466. The lowest BCUT2D eigenvalue weighted by molar-refractivity contribution is -0.149. The lowest BCUT2D eigenvalue weighted by Gasteiger charge is -2.39. The first-order valence-electron chi connectivity index (χ1n) is 6.45. The highest BCUT2D eigenvalue weighted by Gasteiger charge is 2.41. The summed E-state index contributed by atoms with van der Waals surface area (Å²) < 4.78 is 5.08. The molecule has 1 atom stereocenters. The number of carboxylic acid groups (broad SMARTS) is 1. The monoisotopic (exact) mass is 265 g/mol. The molecule has 0 saturated carbocycles. The minimum absolute atomic E-state index is 0.485. The zero-order chi connectivity index (χ0) is 13.9. The van der Waals surface area contributed by atoms with Crippen LogP contribution in [0.25, 0.3) is 0 Å². The van der Waals surface area contributed by atoms with Crippen LogP contribution in [0.15, 0.2) is 12.4 Å². The van der Waals surface area contributed by atoms with E-state index in [0.717, 1.165) is 25.2 Å². The van der Waals surface area contributed by atoms with Crippen molar-refractivity contribution in [3.05, 3.63) is 12.4 Å². The van der Waals surface area contributed by atoms with Crippen LogP contribution in [-0.2, 0) is 4.79 Å². The van der Waals surface area contributed by atoms with Crippen molar-refractivity contribution in [2.45, 2.75) is 26.2 Å². The highest BCUT2D eigenvalue weighted by Crippen LogP contribution is 2.35. The molecule has 0 aromatic carbocycles. The second-order valence-corrected chi connectivity index (χ2v) is 4.88. The van der Waals surface area contributed by atoms with Crippen molar-refractivity contribution in [1.29, 1.82) is 0 Å². The molecule has 0 spiro atoms. The fourth-order valence-corrected chi connectivity index (χ4v) is 2.56. The van der Waals surface area contributed by atoms with E-state index in [-0.39, 0.29) is 0 Å². The zero-order valence-corrected chi connectivity index (χ0v) is 11.3. The zero-order valence-electron chi connectivity index (χ0n) is 11.3. The van der Waals surface area contributed by atoms with Gasteiger partial charge in [0, 0.05) is 19.2 Å². The summed E-state index contributed by atoms with van der Waals surface area (Å²) >= 11 is 0. The number of hydrogen-bond donors (Lipinski definition) is 1. The molecule has 6 heteroatoms. The summed E-state index contributed by atoms with van der Waals surface area (Å²) in [5, 5.41) is 9.47. The predicted octanol–water partition coefficient (Wildman–Crippen LogP) is 1.57. The van der Waals surface area contributed by atoms with E-state index in [1.54, 1.807) is 13.2 Å². The number of ether oxygens (including phenoxy) is 1. The molecule has 1 fully saturated rings. The van der Waals surface area contributed by atoms with Crippen molar-refractivity contribution < 1.29 is 14.6 Å². The Morgan fingerprint density at radius 3 is 3.00 bits per heavy atom. The van der Waals surface area contributed by atoms with Crippen LogP contribution in [0.1, 0.15) is 26.2 Å². The molecular formula is C13H19N3O3.